The number of carbonyl (C=O) groups excluding carboxylic acids is 1. The highest BCUT2D eigenvalue weighted by molar-refractivity contribution is 5.96. The summed E-state index contributed by atoms with van der Waals surface area (Å²) in [6.45, 7) is 6.60. The van der Waals surface area contributed by atoms with Crippen LogP contribution in [-0.4, -0.2) is 18.6 Å². The molecule has 2 aromatic carbocycles. The fraction of sp³-hybridized carbons (Fsp3) is 0.348. The van der Waals surface area contributed by atoms with Gasteiger partial charge in [0.15, 0.2) is 0 Å². The molecule has 0 saturated carbocycles. The summed E-state index contributed by atoms with van der Waals surface area (Å²) in [5.74, 6) is 1.37. The van der Waals surface area contributed by atoms with Crippen molar-refractivity contribution in [1.29, 1.82) is 0 Å². The molecule has 1 aliphatic rings. The second kappa shape index (κ2) is 7.58. The molecule has 28 heavy (non-hydrogen) atoms. The van der Waals surface area contributed by atoms with Crippen LogP contribution in [0.3, 0.4) is 0 Å². The van der Waals surface area contributed by atoms with E-state index < -0.39 is 0 Å². The molecule has 2 heterocycles. The molecule has 0 spiro atoms. The highest BCUT2D eigenvalue weighted by atomic mass is 16.5. The lowest BCUT2D eigenvalue weighted by Crippen LogP contribution is -2.15. The Hall–Kier alpha value is -2.95. The molecule has 0 fully saturated rings. The molecule has 0 saturated heterocycles. The highest BCUT2D eigenvalue weighted by Gasteiger charge is 2.23. The molecule has 5 heteroatoms. The van der Waals surface area contributed by atoms with E-state index >= 15 is 0 Å². The smallest absolute Gasteiger partial charge is 0.229 e. The van der Waals surface area contributed by atoms with Gasteiger partial charge in [-0.05, 0) is 38.0 Å². The lowest BCUT2D eigenvalue weighted by molar-refractivity contribution is -0.115. The van der Waals surface area contributed by atoms with E-state index in [9.17, 15) is 4.79 Å². The number of carbonyl (C=O) groups is 1. The number of aryl methyl sites for hydroxylation is 1. The third kappa shape index (κ3) is 3.57. The zero-order valence-electron chi connectivity index (χ0n) is 16.5. The zero-order chi connectivity index (χ0) is 19.7. The van der Waals surface area contributed by atoms with Gasteiger partial charge in [-0.2, -0.15) is 0 Å². The molecule has 0 bridgehead atoms. The Morgan fingerprint density at radius 2 is 2.11 bits per heavy atom. The number of rotatable bonds is 6. The Morgan fingerprint density at radius 3 is 2.89 bits per heavy atom. The Kier molecular flexibility index (Phi) is 4.99. The van der Waals surface area contributed by atoms with Gasteiger partial charge in [0.1, 0.15) is 23.2 Å². The molecule has 1 aromatic heterocycles. The lowest BCUT2D eigenvalue weighted by atomic mass is 10.1. The third-order valence-corrected chi connectivity index (χ3v) is 5.05. The van der Waals surface area contributed by atoms with Gasteiger partial charge in [0.2, 0.25) is 5.91 Å². The average Bonchev–Trinajstić information content (AvgIpc) is 3.23. The lowest BCUT2D eigenvalue weighted by Gasteiger charge is -2.13. The molecule has 0 unspecified atom stereocenters. The summed E-state index contributed by atoms with van der Waals surface area (Å²) in [4.78, 5) is 12.7. The van der Waals surface area contributed by atoms with E-state index in [-0.39, 0.29) is 18.4 Å². The summed E-state index contributed by atoms with van der Waals surface area (Å²) in [6.07, 6.45) is 3.84. The van der Waals surface area contributed by atoms with Crippen molar-refractivity contribution >= 4 is 22.6 Å². The number of amides is 1. The molecule has 146 valence electrons. The normalized spacial score (nSPS) is 15.3. The van der Waals surface area contributed by atoms with Crippen LogP contribution in [0.4, 0.5) is 5.69 Å². The molecule has 3 aromatic rings. The predicted molar refractivity (Wildman–Crippen MR) is 109 cm³/mol. The number of hydrogen-bond acceptors (Lipinski definition) is 4. The van der Waals surface area contributed by atoms with Crippen molar-refractivity contribution < 1.29 is 18.7 Å². The Balaban J connectivity index is 1.55. The molecule has 1 N–H and O–H groups in total. The minimum Gasteiger partial charge on any atom is -0.492 e. The van der Waals surface area contributed by atoms with E-state index in [1.165, 1.54) is 5.56 Å². The van der Waals surface area contributed by atoms with Crippen molar-refractivity contribution in [1.82, 2.24) is 0 Å². The quantitative estimate of drug-likeness (QED) is 0.662. The van der Waals surface area contributed by atoms with Crippen molar-refractivity contribution in [3.8, 4) is 11.5 Å². The maximum Gasteiger partial charge on any atom is 0.229 e. The molecule has 1 amide bonds. The summed E-state index contributed by atoms with van der Waals surface area (Å²) in [5, 5.41) is 3.96. The molecule has 1 aliphatic heterocycles. The topological polar surface area (TPSA) is 60.7 Å². The first-order valence-corrected chi connectivity index (χ1v) is 9.82. The van der Waals surface area contributed by atoms with Gasteiger partial charge in [0.05, 0.1) is 25.0 Å². The fourth-order valence-electron chi connectivity index (χ4n) is 3.66. The van der Waals surface area contributed by atoms with Gasteiger partial charge in [-0.3, -0.25) is 4.79 Å². The van der Waals surface area contributed by atoms with Crippen molar-refractivity contribution in [3.63, 3.8) is 0 Å². The van der Waals surface area contributed by atoms with Gasteiger partial charge < -0.3 is 19.2 Å². The van der Waals surface area contributed by atoms with E-state index in [0.29, 0.717) is 18.0 Å². The van der Waals surface area contributed by atoms with Gasteiger partial charge in [-0.15, -0.1) is 0 Å². The molecule has 0 aliphatic carbocycles. The number of benzene rings is 2. The van der Waals surface area contributed by atoms with Crippen LogP contribution in [0, 0.1) is 0 Å². The summed E-state index contributed by atoms with van der Waals surface area (Å²) < 4.78 is 17.2. The van der Waals surface area contributed by atoms with E-state index in [0.717, 1.165) is 40.7 Å². The highest BCUT2D eigenvalue weighted by Crippen LogP contribution is 2.38. The van der Waals surface area contributed by atoms with Crippen molar-refractivity contribution in [2.75, 3.05) is 11.9 Å². The van der Waals surface area contributed by atoms with Crippen LogP contribution in [0.15, 0.2) is 41.0 Å². The second-order valence-corrected chi connectivity index (χ2v) is 7.19. The van der Waals surface area contributed by atoms with Crippen LogP contribution in [0.25, 0.3) is 11.0 Å². The van der Waals surface area contributed by atoms with E-state index in [1.54, 1.807) is 6.26 Å². The molecular formula is C23H25NO4. The van der Waals surface area contributed by atoms with Gasteiger partial charge in [0, 0.05) is 29.0 Å². The minimum absolute atomic E-state index is 0.116. The number of fused-ring (bicyclic) bond motifs is 2. The van der Waals surface area contributed by atoms with Gasteiger partial charge in [0.25, 0.3) is 0 Å². The van der Waals surface area contributed by atoms with Gasteiger partial charge in [-0.1, -0.05) is 19.1 Å². The fourth-order valence-corrected chi connectivity index (χ4v) is 3.66. The standard InChI is InChI=1S/C23H25NO4/c1-4-15-6-7-18-17(13-27-21(18)9-15)11-23(25)24-19-12-20-16(8-14(3)28-20)10-22(19)26-5-2/h6-7,9-10,12-14H,4-5,8,11H2,1-3H3,(H,24,25)/t14-/m0/s1. The van der Waals surface area contributed by atoms with Gasteiger partial charge in [-0.25, -0.2) is 0 Å². The van der Waals surface area contributed by atoms with E-state index in [2.05, 4.69) is 18.3 Å². The van der Waals surface area contributed by atoms with E-state index in [1.807, 2.05) is 38.1 Å². The molecule has 0 radical (unpaired) electrons. The third-order valence-electron chi connectivity index (χ3n) is 5.05. The van der Waals surface area contributed by atoms with Crippen molar-refractivity contribution in [2.45, 2.75) is 46.1 Å². The summed E-state index contributed by atoms with van der Waals surface area (Å²) >= 11 is 0. The van der Waals surface area contributed by atoms with Crippen LogP contribution in [0.2, 0.25) is 0 Å². The van der Waals surface area contributed by atoms with E-state index in [4.69, 9.17) is 13.9 Å². The van der Waals surface area contributed by atoms with Crippen LogP contribution >= 0.6 is 0 Å². The summed E-state index contributed by atoms with van der Waals surface area (Å²) in [6, 6.07) is 9.96. The van der Waals surface area contributed by atoms with Crippen LogP contribution in [-0.2, 0) is 24.1 Å². The molecule has 4 rings (SSSR count). The molecule has 5 nitrogen and oxygen atoms in total. The van der Waals surface area contributed by atoms with Crippen molar-refractivity contribution in [2.24, 2.45) is 0 Å². The van der Waals surface area contributed by atoms with Crippen LogP contribution in [0.5, 0.6) is 11.5 Å². The minimum atomic E-state index is -0.116. The first-order valence-electron chi connectivity index (χ1n) is 9.82. The zero-order valence-corrected chi connectivity index (χ0v) is 16.5. The molecular weight excluding hydrogens is 354 g/mol. The number of ether oxygens (including phenoxy) is 2. The summed E-state index contributed by atoms with van der Waals surface area (Å²) in [7, 11) is 0. The predicted octanol–water partition coefficient (Wildman–Crippen LogP) is 4.90. The number of hydrogen-bond donors (Lipinski definition) is 1. The van der Waals surface area contributed by atoms with Crippen LogP contribution < -0.4 is 14.8 Å². The first-order chi connectivity index (χ1) is 13.6. The largest absolute Gasteiger partial charge is 0.492 e. The Bertz CT molecular complexity index is 1020. The SMILES string of the molecule is CCOc1cc2c(cc1NC(=O)Cc1coc3cc(CC)ccc13)O[C@@H](C)C2. The second-order valence-electron chi connectivity index (χ2n) is 7.19. The molecule has 1 atom stereocenters. The van der Waals surface area contributed by atoms with Gasteiger partial charge >= 0.3 is 0 Å². The van der Waals surface area contributed by atoms with Crippen LogP contribution in [0.1, 0.15) is 37.5 Å². The van der Waals surface area contributed by atoms with Crippen molar-refractivity contribution in [3.05, 3.63) is 53.3 Å². The maximum absolute atomic E-state index is 12.7. The summed E-state index contributed by atoms with van der Waals surface area (Å²) in [5.41, 5.74) is 4.66. The Morgan fingerprint density at radius 1 is 1.25 bits per heavy atom. The number of anilines is 1. The monoisotopic (exact) mass is 379 g/mol. The Labute approximate surface area is 164 Å². The number of furan rings is 1. The maximum atomic E-state index is 12.7. The number of nitrogens with one attached hydrogen (secondary N) is 1. The average molecular weight is 379 g/mol. The first kappa shape index (κ1) is 18.4.